The molecule has 0 saturated heterocycles. The molecular formula is C17H12F3N3Na. The number of aromatic nitrogens is 2. The summed E-state index contributed by atoms with van der Waals surface area (Å²) in [6, 6.07) is 14.3. The van der Waals surface area contributed by atoms with Gasteiger partial charge in [-0.3, -0.25) is 5.41 Å². The van der Waals surface area contributed by atoms with Crippen LogP contribution >= 0.6 is 0 Å². The van der Waals surface area contributed by atoms with E-state index in [1.54, 1.807) is 6.20 Å². The third-order valence-corrected chi connectivity index (χ3v) is 3.43. The third kappa shape index (κ3) is 3.77. The van der Waals surface area contributed by atoms with Crippen LogP contribution in [0.25, 0.3) is 22.4 Å². The van der Waals surface area contributed by atoms with Crippen molar-refractivity contribution in [1.29, 1.82) is 5.41 Å². The van der Waals surface area contributed by atoms with Crippen LogP contribution in [0.4, 0.5) is 13.2 Å². The number of benzene rings is 2. The number of rotatable bonds is 3. The van der Waals surface area contributed by atoms with Crippen LogP contribution in [0.5, 0.6) is 0 Å². The smallest absolute Gasteiger partial charge is 0.289 e. The van der Waals surface area contributed by atoms with E-state index in [1.165, 1.54) is 16.8 Å². The Balaban J connectivity index is 0.00000208. The monoisotopic (exact) mass is 338 g/mol. The van der Waals surface area contributed by atoms with Crippen LogP contribution in [0.1, 0.15) is 5.56 Å². The van der Waals surface area contributed by atoms with Gasteiger partial charge in [-0.1, -0.05) is 42.5 Å². The Kier molecular flexibility index (Phi) is 5.64. The number of alkyl halides is 3. The van der Waals surface area contributed by atoms with E-state index in [0.29, 0.717) is 11.3 Å². The molecule has 0 aliphatic rings. The van der Waals surface area contributed by atoms with E-state index in [-0.39, 0.29) is 29.6 Å². The molecule has 0 aliphatic heterocycles. The second-order valence-corrected chi connectivity index (χ2v) is 4.94. The molecule has 3 nitrogen and oxygen atoms in total. The Labute approximate surface area is 158 Å². The van der Waals surface area contributed by atoms with Gasteiger partial charge in [-0.05, 0) is 17.7 Å². The maximum Gasteiger partial charge on any atom is 0.416 e. The Morgan fingerprint density at radius 1 is 0.917 bits per heavy atom. The molecule has 7 heteroatoms. The van der Waals surface area contributed by atoms with Crippen molar-refractivity contribution in [3.05, 3.63) is 66.4 Å². The number of hydrogen-bond donors (Lipinski definition) is 1. The standard InChI is InChI=1S/C17H12F3N3.Na/c18-17(19,20)14-8-6-13(7-9-14)16-15(10-23(11-21)22-16)12-4-2-1-3-5-12;/h1-11,21H;. The van der Waals surface area contributed by atoms with Gasteiger partial charge >= 0.3 is 6.18 Å². The molecule has 3 aromatic rings. The molecule has 0 bridgehead atoms. The topological polar surface area (TPSA) is 41.7 Å². The zero-order valence-corrected chi connectivity index (χ0v) is 14.9. The maximum absolute atomic E-state index is 12.7. The van der Waals surface area contributed by atoms with Gasteiger partial charge in [0.25, 0.3) is 0 Å². The minimum Gasteiger partial charge on any atom is -0.289 e. The quantitative estimate of drug-likeness (QED) is 0.432. The summed E-state index contributed by atoms with van der Waals surface area (Å²) < 4.78 is 39.4. The Bertz CT molecular complexity index is 825. The van der Waals surface area contributed by atoms with Crippen molar-refractivity contribution < 1.29 is 13.2 Å². The molecule has 0 saturated carbocycles. The van der Waals surface area contributed by atoms with Crippen LogP contribution in [0.15, 0.2) is 60.8 Å². The Morgan fingerprint density at radius 2 is 1.54 bits per heavy atom. The zero-order valence-electron chi connectivity index (χ0n) is 12.9. The van der Waals surface area contributed by atoms with Crippen molar-refractivity contribution in [1.82, 2.24) is 9.78 Å². The number of nitrogens with one attached hydrogen (secondary N) is 1. The molecule has 1 radical (unpaired) electrons. The molecule has 0 unspecified atom stereocenters. The van der Waals surface area contributed by atoms with Crippen molar-refractivity contribution >= 4 is 35.9 Å². The number of hydrogen-bond acceptors (Lipinski definition) is 2. The Hall–Kier alpha value is -1.89. The molecule has 0 amide bonds. The van der Waals surface area contributed by atoms with E-state index < -0.39 is 11.7 Å². The first-order valence-electron chi connectivity index (χ1n) is 6.82. The van der Waals surface area contributed by atoms with Crippen molar-refractivity contribution in [3.63, 3.8) is 0 Å². The fraction of sp³-hybridized carbons (Fsp3) is 0.0588. The summed E-state index contributed by atoms with van der Waals surface area (Å²) in [4.78, 5) is 0. The number of nitrogens with zero attached hydrogens (tertiary/aromatic N) is 2. The molecule has 0 spiro atoms. The van der Waals surface area contributed by atoms with E-state index >= 15 is 0 Å². The fourth-order valence-corrected chi connectivity index (χ4v) is 2.32. The van der Waals surface area contributed by atoms with Crippen molar-refractivity contribution in [2.75, 3.05) is 0 Å². The first-order chi connectivity index (χ1) is 11.0. The van der Waals surface area contributed by atoms with E-state index in [0.717, 1.165) is 29.6 Å². The minimum atomic E-state index is -4.37. The number of halogens is 3. The van der Waals surface area contributed by atoms with Crippen molar-refractivity contribution in [3.8, 4) is 22.4 Å². The van der Waals surface area contributed by atoms with Gasteiger partial charge in [0, 0.05) is 46.9 Å². The predicted molar refractivity (Wildman–Crippen MR) is 88.0 cm³/mol. The summed E-state index contributed by atoms with van der Waals surface area (Å²) in [6.45, 7) is 0. The van der Waals surface area contributed by atoms with Gasteiger partial charge in [-0.15, -0.1) is 0 Å². The summed E-state index contributed by atoms with van der Waals surface area (Å²) in [5, 5.41) is 11.6. The van der Waals surface area contributed by atoms with Gasteiger partial charge in [0.05, 0.1) is 5.56 Å². The normalized spacial score (nSPS) is 11.0. The molecule has 2 aromatic carbocycles. The molecule has 0 aliphatic carbocycles. The molecular weight excluding hydrogens is 326 g/mol. The van der Waals surface area contributed by atoms with Crippen LogP contribution < -0.4 is 0 Å². The third-order valence-electron chi connectivity index (χ3n) is 3.43. The predicted octanol–water partition coefficient (Wildman–Crippen LogP) is 4.31. The minimum absolute atomic E-state index is 0. The molecule has 24 heavy (non-hydrogen) atoms. The van der Waals surface area contributed by atoms with E-state index in [4.69, 9.17) is 5.41 Å². The first-order valence-corrected chi connectivity index (χ1v) is 6.82. The maximum atomic E-state index is 12.7. The van der Waals surface area contributed by atoms with Crippen LogP contribution in [0.3, 0.4) is 0 Å². The molecule has 3 rings (SSSR count). The van der Waals surface area contributed by atoms with E-state index in [9.17, 15) is 13.2 Å². The zero-order chi connectivity index (χ0) is 16.4. The molecule has 1 heterocycles. The average molecular weight is 338 g/mol. The van der Waals surface area contributed by atoms with E-state index in [2.05, 4.69) is 5.10 Å². The van der Waals surface area contributed by atoms with Crippen LogP contribution in [0.2, 0.25) is 0 Å². The summed E-state index contributed by atoms with van der Waals surface area (Å²) in [5.74, 6) is 0. The van der Waals surface area contributed by atoms with E-state index in [1.807, 2.05) is 30.3 Å². The van der Waals surface area contributed by atoms with Crippen LogP contribution in [-0.4, -0.2) is 45.7 Å². The van der Waals surface area contributed by atoms with Gasteiger partial charge in [0.2, 0.25) is 0 Å². The SMILES string of the molecule is N=Cn1cc(-c2ccccc2)c(-c2ccc(C(F)(F)F)cc2)n1.[Na]. The fourth-order valence-electron chi connectivity index (χ4n) is 2.32. The second kappa shape index (κ2) is 7.34. The Morgan fingerprint density at radius 3 is 2.08 bits per heavy atom. The molecule has 117 valence electrons. The summed E-state index contributed by atoms with van der Waals surface area (Å²) in [7, 11) is 0. The van der Waals surface area contributed by atoms with Crippen LogP contribution in [0, 0.1) is 5.41 Å². The van der Waals surface area contributed by atoms with Gasteiger partial charge < -0.3 is 0 Å². The molecule has 0 fully saturated rings. The summed E-state index contributed by atoms with van der Waals surface area (Å²) in [6.07, 6.45) is -1.65. The van der Waals surface area contributed by atoms with Gasteiger partial charge in [0.1, 0.15) is 12.0 Å². The summed E-state index contributed by atoms with van der Waals surface area (Å²) >= 11 is 0. The summed E-state index contributed by atoms with van der Waals surface area (Å²) in [5.41, 5.74) is 2.05. The van der Waals surface area contributed by atoms with Crippen LogP contribution in [-0.2, 0) is 6.18 Å². The molecule has 1 aromatic heterocycles. The van der Waals surface area contributed by atoms with Gasteiger partial charge in [-0.25, -0.2) is 4.68 Å². The van der Waals surface area contributed by atoms with Crippen molar-refractivity contribution in [2.45, 2.75) is 6.18 Å². The van der Waals surface area contributed by atoms with Gasteiger partial charge in [0.15, 0.2) is 0 Å². The molecule has 0 atom stereocenters. The van der Waals surface area contributed by atoms with Gasteiger partial charge in [-0.2, -0.15) is 18.3 Å². The first kappa shape index (κ1) is 18.4. The van der Waals surface area contributed by atoms with Crippen molar-refractivity contribution in [2.24, 2.45) is 0 Å². The second-order valence-electron chi connectivity index (χ2n) is 4.94. The molecule has 1 N–H and O–H groups in total. The largest absolute Gasteiger partial charge is 0.416 e. The average Bonchev–Trinajstić information content (AvgIpc) is 2.99.